The van der Waals surface area contributed by atoms with Crippen LogP contribution >= 0.6 is 11.6 Å². The highest BCUT2D eigenvalue weighted by Crippen LogP contribution is 2.23. The Labute approximate surface area is 127 Å². The molecule has 0 saturated carbocycles. The van der Waals surface area contributed by atoms with Crippen LogP contribution in [-0.2, 0) is 10.0 Å². The van der Waals surface area contributed by atoms with Crippen LogP contribution in [0.5, 0.6) is 0 Å². The van der Waals surface area contributed by atoms with Crippen LogP contribution in [0, 0.1) is 0 Å². The third-order valence-electron chi connectivity index (χ3n) is 2.77. The number of nitrogens with zero attached hydrogens (tertiary/aromatic N) is 1. The topological polar surface area (TPSA) is 88.2 Å². The van der Waals surface area contributed by atoms with Crippen LogP contribution in [0.4, 0.5) is 0 Å². The Bertz CT molecular complexity index is 777. The third kappa shape index (κ3) is 4.13. The summed E-state index contributed by atoms with van der Waals surface area (Å²) in [6.07, 6.45) is 2.47. The van der Waals surface area contributed by atoms with Crippen molar-refractivity contribution >= 4 is 38.3 Å². The van der Waals surface area contributed by atoms with Crippen molar-refractivity contribution in [2.75, 3.05) is 19.3 Å². The second-order valence-corrected chi connectivity index (χ2v) is 6.62. The molecule has 2 aromatic rings. The van der Waals surface area contributed by atoms with E-state index in [-0.39, 0.29) is 19.0 Å². The average Bonchev–Trinajstić information content (AvgIpc) is 2.43. The maximum Gasteiger partial charge on any atom is 0.253 e. The summed E-state index contributed by atoms with van der Waals surface area (Å²) in [5.74, 6) is -0.328. The van der Waals surface area contributed by atoms with E-state index < -0.39 is 10.0 Å². The molecule has 0 atom stereocenters. The van der Waals surface area contributed by atoms with Crippen molar-refractivity contribution in [1.82, 2.24) is 15.0 Å². The van der Waals surface area contributed by atoms with Gasteiger partial charge >= 0.3 is 0 Å². The number of carbonyl (C=O) groups excluding carboxylic acids is 1. The number of aromatic nitrogens is 1. The molecule has 1 aromatic carbocycles. The van der Waals surface area contributed by atoms with Crippen LogP contribution in [0.15, 0.2) is 30.5 Å². The number of hydrogen-bond donors (Lipinski definition) is 2. The number of carbonyl (C=O) groups is 1. The quantitative estimate of drug-likeness (QED) is 0.637. The molecule has 0 spiro atoms. The first-order valence-electron chi connectivity index (χ1n) is 6.14. The van der Waals surface area contributed by atoms with E-state index in [0.29, 0.717) is 21.5 Å². The molecule has 1 aromatic heterocycles. The van der Waals surface area contributed by atoms with Crippen molar-refractivity contribution in [1.29, 1.82) is 0 Å². The van der Waals surface area contributed by atoms with E-state index in [1.165, 1.54) is 6.20 Å². The van der Waals surface area contributed by atoms with E-state index >= 15 is 0 Å². The summed E-state index contributed by atoms with van der Waals surface area (Å²) in [7, 11) is -3.26. The highest BCUT2D eigenvalue weighted by Gasteiger charge is 2.12. The average molecular weight is 328 g/mol. The van der Waals surface area contributed by atoms with Crippen molar-refractivity contribution in [3.05, 3.63) is 41.2 Å². The smallest absolute Gasteiger partial charge is 0.253 e. The molecule has 0 fully saturated rings. The molecule has 0 aliphatic carbocycles. The second-order valence-electron chi connectivity index (χ2n) is 4.43. The Balaban J connectivity index is 2.12. The normalized spacial score (nSPS) is 11.5. The van der Waals surface area contributed by atoms with Crippen molar-refractivity contribution in [3.8, 4) is 0 Å². The summed E-state index contributed by atoms with van der Waals surface area (Å²) in [5.41, 5.74) is 0.398. The van der Waals surface area contributed by atoms with E-state index in [2.05, 4.69) is 15.0 Å². The molecular formula is C13H14ClN3O3S. The Hall–Kier alpha value is -1.70. The molecule has 6 nitrogen and oxygen atoms in total. The lowest BCUT2D eigenvalue weighted by atomic mass is 10.1. The molecule has 2 rings (SSSR count). The molecule has 2 N–H and O–H groups in total. The standard InChI is InChI=1S/C13H14ClN3O3S/c1-21(19,20)17-7-6-15-13(18)11-8-16-12(14)10-5-3-2-4-9(10)11/h2-5,8,17H,6-7H2,1H3,(H,15,18). The minimum atomic E-state index is -3.26. The van der Waals surface area contributed by atoms with Crippen molar-refractivity contribution < 1.29 is 13.2 Å². The predicted molar refractivity (Wildman–Crippen MR) is 81.9 cm³/mol. The summed E-state index contributed by atoms with van der Waals surface area (Å²) in [6, 6.07) is 7.19. The first kappa shape index (κ1) is 15.7. The Morgan fingerprint density at radius 1 is 1.24 bits per heavy atom. The van der Waals surface area contributed by atoms with Gasteiger partial charge in [0.05, 0.1) is 11.8 Å². The van der Waals surface area contributed by atoms with Gasteiger partial charge in [-0.25, -0.2) is 18.1 Å². The molecule has 0 radical (unpaired) electrons. The fourth-order valence-corrected chi connectivity index (χ4v) is 2.53. The minimum Gasteiger partial charge on any atom is -0.351 e. The van der Waals surface area contributed by atoms with Gasteiger partial charge < -0.3 is 5.32 Å². The largest absolute Gasteiger partial charge is 0.351 e. The molecule has 1 heterocycles. The van der Waals surface area contributed by atoms with Gasteiger partial charge in [-0.05, 0) is 5.39 Å². The van der Waals surface area contributed by atoms with E-state index in [9.17, 15) is 13.2 Å². The summed E-state index contributed by atoms with van der Waals surface area (Å²) in [5, 5.41) is 4.36. The molecule has 8 heteroatoms. The number of hydrogen-bond acceptors (Lipinski definition) is 4. The zero-order chi connectivity index (χ0) is 15.5. The van der Waals surface area contributed by atoms with Crippen LogP contribution in [0.25, 0.3) is 10.8 Å². The van der Waals surface area contributed by atoms with Gasteiger partial charge in [0.1, 0.15) is 5.15 Å². The lowest BCUT2D eigenvalue weighted by molar-refractivity contribution is 0.0955. The second kappa shape index (κ2) is 6.38. The van der Waals surface area contributed by atoms with Gasteiger partial charge in [-0.1, -0.05) is 35.9 Å². The molecule has 0 aliphatic rings. The van der Waals surface area contributed by atoms with Crippen molar-refractivity contribution in [3.63, 3.8) is 0 Å². The van der Waals surface area contributed by atoms with Crippen molar-refractivity contribution in [2.45, 2.75) is 0 Å². The molecule has 0 saturated heterocycles. The Kier molecular flexibility index (Phi) is 4.76. The van der Waals surface area contributed by atoms with Gasteiger partial charge in [0, 0.05) is 24.7 Å². The summed E-state index contributed by atoms with van der Waals surface area (Å²) >= 11 is 5.99. The summed E-state index contributed by atoms with van der Waals surface area (Å²) < 4.78 is 24.1. The van der Waals surface area contributed by atoms with Gasteiger partial charge in [0.2, 0.25) is 10.0 Å². The van der Waals surface area contributed by atoms with E-state index in [4.69, 9.17) is 11.6 Å². The number of benzene rings is 1. The maximum absolute atomic E-state index is 12.1. The number of pyridine rings is 1. The molecule has 0 bridgehead atoms. The number of rotatable bonds is 5. The molecule has 0 unspecified atom stereocenters. The first-order chi connectivity index (χ1) is 9.88. The number of nitrogens with one attached hydrogen (secondary N) is 2. The van der Waals surface area contributed by atoms with Crippen LogP contribution in [-0.4, -0.2) is 38.7 Å². The third-order valence-corrected chi connectivity index (χ3v) is 3.80. The number of amides is 1. The maximum atomic E-state index is 12.1. The monoisotopic (exact) mass is 327 g/mol. The Morgan fingerprint density at radius 2 is 1.90 bits per heavy atom. The number of halogens is 1. The van der Waals surface area contributed by atoms with Gasteiger partial charge in [-0.15, -0.1) is 0 Å². The van der Waals surface area contributed by atoms with Crippen LogP contribution < -0.4 is 10.0 Å². The zero-order valence-electron chi connectivity index (χ0n) is 11.3. The molecule has 21 heavy (non-hydrogen) atoms. The Morgan fingerprint density at radius 3 is 2.57 bits per heavy atom. The predicted octanol–water partition coefficient (Wildman–Crippen LogP) is 1.17. The van der Waals surface area contributed by atoms with Gasteiger partial charge in [0.25, 0.3) is 5.91 Å². The first-order valence-corrected chi connectivity index (χ1v) is 8.41. The van der Waals surface area contributed by atoms with Crippen molar-refractivity contribution in [2.24, 2.45) is 0 Å². The fourth-order valence-electron chi connectivity index (χ4n) is 1.85. The summed E-state index contributed by atoms with van der Waals surface area (Å²) in [6.45, 7) is 0.312. The van der Waals surface area contributed by atoms with Crippen LogP contribution in [0.3, 0.4) is 0 Å². The lowest BCUT2D eigenvalue weighted by Crippen LogP contribution is -2.34. The van der Waals surface area contributed by atoms with E-state index in [0.717, 1.165) is 6.26 Å². The van der Waals surface area contributed by atoms with E-state index in [1.807, 2.05) is 6.07 Å². The molecule has 0 aliphatic heterocycles. The SMILES string of the molecule is CS(=O)(=O)NCCNC(=O)c1cnc(Cl)c2ccccc12. The van der Waals surface area contributed by atoms with Gasteiger partial charge in [0.15, 0.2) is 0 Å². The molecule has 1 amide bonds. The lowest BCUT2D eigenvalue weighted by Gasteiger charge is -2.08. The highest BCUT2D eigenvalue weighted by molar-refractivity contribution is 7.88. The minimum absolute atomic E-state index is 0.128. The number of sulfonamides is 1. The number of fused-ring (bicyclic) bond motifs is 1. The summed E-state index contributed by atoms with van der Waals surface area (Å²) in [4.78, 5) is 16.1. The van der Waals surface area contributed by atoms with Gasteiger partial charge in [-0.3, -0.25) is 4.79 Å². The highest BCUT2D eigenvalue weighted by atomic mass is 35.5. The van der Waals surface area contributed by atoms with Crippen LogP contribution in [0.2, 0.25) is 5.15 Å². The van der Waals surface area contributed by atoms with Crippen LogP contribution in [0.1, 0.15) is 10.4 Å². The molecule has 112 valence electrons. The van der Waals surface area contributed by atoms with Gasteiger partial charge in [-0.2, -0.15) is 0 Å². The fraction of sp³-hybridized carbons (Fsp3) is 0.231. The van der Waals surface area contributed by atoms with E-state index in [1.54, 1.807) is 18.2 Å². The molecular weight excluding hydrogens is 314 g/mol. The zero-order valence-corrected chi connectivity index (χ0v) is 12.8.